The van der Waals surface area contributed by atoms with Crippen molar-refractivity contribution < 1.29 is 44.4 Å². The molecule has 5 atom stereocenters. The number of hydrogen-bond acceptors (Lipinski definition) is 9. The molecule has 12 heteroatoms. The highest BCUT2D eigenvalue weighted by molar-refractivity contribution is 5.91. The van der Waals surface area contributed by atoms with Gasteiger partial charge in [-0.3, -0.25) is 14.9 Å². The van der Waals surface area contributed by atoms with E-state index in [2.05, 4.69) is 5.32 Å². The van der Waals surface area contributed by atoms with Gasteiger partial charge in [0.05, 0.1) is 17.1 Å². The van der Waals surface area contributed by atoms with Gasteiger partial charge in [-0.05, 0) is 17.7 Å². The smallest absolute Gasteiger partial charge is 0.335 e. The Balaban J connectivity index is 2.03. The highest BCUT2D eigenvalue weighted by Gasteiger charge is 2.46. The number of amides is 1. The van der Waals surface area contributed by atoms with Crippen molar-refractivity contribution in [1.82, 2.24) is 5.32 Å². The van der Waals surface area contributed by atoms with E-state index < -0.39 is 59.7 Å². The van der Waals surface area contributed by atoms with Crippen LogP contribution in [0.4, 0.5) is 5.69 Å². The summed E-state index contributed by atoms with van der Waals surface area (Å²) in [6.07, 6.45) is -5.60. The minimum Gasteiger partial charge on any atom is -0.478 e. The number of rotatable bonds is 7. The van der Waals surface area contributed by atoms with E-state index in [0.717, 1.165) is 6.07 Å². The third-order valence-corrected chi connectivity index (χ3v) is 5.07. The van der Waals surface area contributed by atoms with Gasteiger partial charge in [0.25, 0.3) is 5.69 Å². The molecule has 1 heterocycles. The van der Waals surface area contributed by atoms with Gasteiger partial charge in [-0.25, -0.2) is 4.79 Å². The molecule has 12 nitrogen and oxygen atoms in total. The van der Waals surface area contributed by atoms with Crippen molar-refractivity contribution in [3.05, 3.63) is 58.1 Å². The lowest BCUT2D eigenvalue weighted by Crippen LogP contribution is -2.65. The molecule has 0 radical (unpaired) electrons. The maximum absolute atomic E-state index is 11.6. The van der Waals surface area contributed by atoms with Crippen LogP contribution in [0.15, 0.2) is 42.5 Å². The number of carbonyl (C=O) groups excluding carboxylic acids is 1. The summed E-state index contributed by atoms with van der Waals surface area (Å²) in [4.78, 5) is 33.6. The van der Waals surface area contributed by atoms with Gasteiger partial charge < -0.3 is 35.2 Å². The normalized spacial score (nSPS) is 24.7. The number of non-ortho nitro benzene ring substituents is 1. The Morgan fingerprint density at radius 1 is 1.18 bits per heavy atom. The van der Waals surface area contributed by atoms with E-state index in [1.807, 2.05) is 0 Å². The Kier molecular flexibility index (Phi) is 7.23. The fraction of sp³-hybridized carbons (Fsp3) is 0.333. The third kappa shape index (κ3) is 5.26. The van der Waals surface area contributed by atoms with Gasteiger partial charge in [0.2, 0.25) is 12.2 Å². The first-order valence-corrected chi connectivity index (χ1v) is 9.80. The molecule has 1 aliphatic rings. The van der Waals surface area contributed by atoms with Crippen molar-refractivity contribution in [3.63, 3.8) is 0 Å². The number of carboxylic acids is 1. The van der Waals surface area contributed by atoms with E-state index in [1.165, 1.54) is 31.2 Å². The van der Waals surface area contributed by atoms with Crippen LogP contribution in [-0.4, -0.2) is 74.5 Å². The number of aliphatic hydroxyl groups is 3. The SMILES string of the molecule is CC(=O)N[C@H]1[C@H](Oc2ccccc2-c2cc(C(=O)O)cc([N+](=O)[O-])c2)O[C@H](CO)[C@H](O)[C@@H]1O. The second-order valence-corrected chi connectivity index (χ2v) is 7.38. The van der Waals surface area contributed by atoms with Gasteiger partial charge in [0, 0.05) is 24.6 Å². The summed E-state index contributed by atoms with van der Waals surface area (Å²) in [6.45, 7) is 0.554. The Morgan fingerprint density at radius 3 is 2.48 bits per heavy atom. The standard InChI is InChI=1S/C21H22N2O10/c1-10(25)22-17-19(27)18(26)16(9-24)33-21(17)32-15-5-3-2-4-14(15)11-6-12(20(28)29)8-13(7-11)23(30)31/h2-8,16-19,21,24,26-27H,9H2,1H3,(H,22,25)(H,28,29)/t16-,17-,18+,19-,21-/m1/s1. The molecule has 1 aliphatic heterocycles. The van der Waals surface area contributed by atoms with Crippen LogP contribution < -0.4 is 10.1 Å². The van der Waals surface area contributed by atoms with Crippen LogP contribution in [0.2, 0.25) is 0 Å². The molecule has 2 aromatic carbocycles. The molecule has 5 N–H and O–H groups in total. The van der Waals surface area contributed by atoms with Crippen molar-refractivity contribution in [2.45, 2.75) is 37.6 Å². The van der Waals surface area contributed by atoms with Crippen molar-refractivity contribution in [2.24, 2.45) is 0 Å². The molecule has 0 aliphatic carbocycles. The first-order chi connectivity index (χ1) is 15.6. The Labute approximate surface area is 187 Å². The van der Waals surface area contributed by atoms with Gasteiger partial charge in [-0.15, -0.1) is 0 Å². The molecule has 1 saturated heterocycles. The van der Waals surface area contributed by atoms with E-state index in [1.54, 1.807) is 12.1 Å². The fourth-order valence-electron chi connectivity index (χ4n) is 3.50. The lowest BCUT2D eigenvalue weighted by atomic mass is 9.96. The molecule has 1 fully saturated rings. The fourth-order valence-corrected chi connectivity index (χ4v) is 3.50. The first-order valence-electron chi connectivity index (χ1n) is 9.80. The predicted molar refractivity (Wildman–Crippen MR) is 111 cm³/mol. The molecule has 0 bridgehead atoms. The number of hydrogen-bond donors (Lipinski definition) is 5. The highest BCUT2D eigenvalue weighted by atomic mass is 16.7. The van der Waals surface area contributed by atoms with E-state index in [9.17, 15) is 40.1 Å². The molecule has 3 rings (SSSR count). The second-order valence-electron chi connectivity index (χ2n) is 7.38. The molecular weight excluding hydrogens is 440 g/mol. The largest absolute Gasteiger partial charge is 0.478 e. The lowest BCUT2D eigenvalue weighted by Gasteiger charge is -2.42. The minimum atomic E-state index is -1.53. The first kappa shape index (κ1) is 24.1. The Bertz CT molecular complexity index is 1030. The van der Waals surface area contributed by atoms with Crippen molar-refractivity contribution >= 4 is 17.6 Å². The van der Waals surface area contributed by atoms with E-state index in [-0.39, 0.29) is 22.4 Å². The molecule has 0 aromatic heterocycles. The molecule has 2 aromatic rings. The number of carbonyl (C=O) groups is 2. The maximum atomic E-state index is 11.6. The number of para-hydroxylation sites is 1. The summed E-state index contributed by atoms with van der Waals surface area (Å²) in [5.41, 5.74) is -0.306. The molecular formula is C21H22N2O10. The van der Waals surface area contributed by atoms with Gasteiger partial charge in [-0.1, -0.05) is 18.2 Å². The number of nitro groups is 1. The van der Waals surface area contributed by atoms with Crippen LogP contribution in [0.25, 0.3) is 11.1 Å². The molecule has 33 heavy (non-hydrogen) atoms. The number of aromatic carboxylic acids is 1. The number of ether oxygens (including phenoxy) is 2. The Hall–Kier alpha value is -3.58. The number of aliphatic hydroxyl groups excluding tert-OH is 3. The topological polar surface area (TPSA) is 189 Å². The van der Waals surface area contributed by atoms with E-state index >= 15 is 0 Å². The Morgan fingerprint density at radius 2 is 1.88 bits per heavy atom. The lowest BCUT2D eigenvalue weighted by molar-refractivity contribution is -0.384. The summed E-state index contributed by atoms with van der Waals surface area (Å²) in [7, 11) is 0. The number of nitrogens with zero attached hydrogens (tertiary/aromatic N) is 1. The average Bonchev–Trinajstić information content (AvgIpc) is 2.78. The van der Waals surface area contributed by atoms with Crippen molar-refractivity contribution in [3.8, 4) is 16.9 Å². The van der Waals surface area contributed by atoms with Crippen LogP contribution in [0.5, 0.6) is 5.75 Å². The number of nitrogens with one attached hydrogen (secondary N) is 1. The monoisotopic (exact) mass is 462 g/mol. The number of carboxylic acid groups (broad SMARTS) is 1. The number of benzene rings is 2. The van der Waals surface area contributed by atoms with Gasteiger partial charge in [0.1, 0.15) is 30.1 Å². The van der Waals surface area contributed by atoms with Gasteiger partial charge in [-0.2, -0.15) is 0 Å². The molecule has 1 amide bonds. The number of nitro benzene ring substituents is 1. The maximum Gasteiger partial charge on any atom is 0.335 e. The molecule has 0 saturated carbocycles. The quantitative estimate of drug-likeness (QED) is 0.282. The minimum absolute atomic E-state index is 0.0926. The third-order valence-electron chi connectivity index (χ3n) is 5.07. The summed E-state index contributed by atoms with van der Waals surface area (Å²) in [5, 5.41) is 53.1. The zero-order chi connectivity index (χ0) is 24.3. The van der Waals surface area contributed by atoms with Gasteiger partial charge >= 0.3 is 5.97 Å². The van der Waals surface area contributed by atoms with Crippen molar-refractivity contribution in [1.29, 1.82) is 0 Å². The molecule has 0 spiro atoms. The summed E-state index contributed by atoms with van der Waals surface area (Å²) in [5.74, 6) is -1.80. The van der Waals surface area contributed by atoms with Gasteiger partial charge in [0.15, 0.2) is 0 Å². The highest BCUT2D eigenvalue weighted by Crippen LogP contribution is 2.35. The summed E-state index contributed by atoms with van der Waals surface area (Å²) in [6, 6.07) is 8.32. The molecule has 0 unspecified atom stereocenters. The summed E-state index contributed by atoms with van der Waals surface area (Å²) < 4.78 is 11.4. The average molecular weight is 462 g/mol. The van der Waals surface area contributed by atoms with Crippen molar-refractivity contribution in [2.75, 3.05) is 6.61 Å². The van der Waals surface area contributed by atoms with Crippen LogP contribution in [0, 0.1) is 10.1 Å². The van der Waals surface area contributed by atoms with Crippen LogP contribution in [0.3, 0.4) is 0 Å². The molecule has 176 valence electrons. The van der Waals surface area contributed by atoms with Crippen LogP contribution >= 0.6 is 0 Å². The van der Waals surface area contributed by atoms with Crippen LogP contribution in [0.1, 0.15) is 17.3 Å². The summed E-state index contributed by atoms with van der Waals surface area (Å²) >= 11 is 0. The second kappa shape index (κ2) is 9.92. The zero-order valence-electron chi connectivity index (χ0n) is 17.3. The van der Waals surface area contributed by atoms with Crippen LogP contribution in [-0.2, 0) is 9.53 Å². The van der Waals surface area contributed by atoms with E-state index in [0.29, 0.717) is 0 Å². The van der Waals surface area contributed by atoms with E-state index in [4.69, 9.17) is 9.47 Å². The predicted octanol–water partition coefficient (Wildman–Crippen LogP) is 0.282. The zero-order valence-corrected chi connectivity index (χ0v) is 17.3.